The van der Waals surface area contributed by atoms with E-state index in [1.54, 1.807) is 35.6 Å². The topological polar surface area (TPSA) is 59.8 Å². The fourth-order valence-electron chi connectivity index (χ4n) is 2.85. The van der Waals surface area contributed by atoms with Crippen LogP contribution in [0.25, 0.3) is 22.0 Å². The molecule has 0 bridgehead atoms. The van der Waals surface area contributed by atoms with Crippen LogP contribution in [0.4, 0.5) is 10.2 Å². The summed E-state index contributed by atoms with van der Waals surface area (Å²) in [7, 11) is 1.78. The summed E-state index contributed by atoms with van der Waals surface area (Å²) >= 11 is 3.02. The van der Waals surface area contributed by atoms with Gasteiger partial charge in [-0.15, -0.1) is 23.1 Å². The molecular weight excluding hydrogens is 419 g/mol. The van der Waals surface area contributed by atoms with E-state index in [0.717, 1.165) is 22.0 Å². The normalized spacial score (nSPS) is 10.9. The van der Waals surface area contributed by atoms with Crippen LogP contribution in [-0.2, 0) is 17.6 Å². The molecule has 4 aromatic rings. The van der Waals surface area contributed by atoms with Gasteiger partial charge in [0.05, 0.1) is 11.4 Å². The minimum absolute atomic E-state index is 0.0726. The van der Waals surface area contributed by atoms with Crippen LogP contribution in [0.5, 0.6) is 0 Å². The van der Waals surface area contributed by atoms with Crippen molar-refractivity contribution in [1.29, 1.82) is 0 Å². The average Bonchev–Trinajstić information content (AvgIpc) is 3.37. The second-order valence-electron chi connectivity index (χ2n) is 6.61. The van der Waals surface area contributed by atoms with E-state index in [1.807, 2.05) is 41.8 Å². The molecule has 1 amide bonds. The summed E-state index contributed by atoms with van der Waals surface area (Å²) in [5.41, 5.74) is 3.49. The molecule has 0 aliphatic heterocycles. The second-order valence-corrected chi connectivity index (χ2v) is 8.45. The van der Waals surface area contributed by atoms with Gasteiger partial charge in [-0.3, -0.25) is 9.48 Å². The lowest BCUT2D eigenvalue weighted by Crippen LogP contribution is -2.16. The number of benzene rings is 2. The van der Waals surface area contributed by atoms with Crippen molar-refractivity contribution >= 4 is 34.8 Å². The molecule has 0 spiro atoms. The van der Waals surface area contributed by atoms with Crippen LogP contribution in [0, 0.1) is 5.82 Å². The molecule has 2 heterocycles. The standard InChI is InChI=1S/C22H19FN4OS2/c1-27-20(25-21(28)14-29-12-15-5-3-2-4-6-15)11-18(26-27)22-24-19(13-30-22)16-7-9-17(23)10-8-16/h2-11,13H,12,14H2,1H3,(H,25,28). The predicted molar refractivity (Wildman–Crippen MR) is 121 cm³/mol. The smallest absolute Gasteiger partial charge is 0.235 e. The molecule has 2 aromatic heterocycles. The minimum atomic E-state index is -0.277. The Labute approximate surface area is 182 Å². The van der Waals surface area contributed by atoms with Crippen LogP contribution < -0.4 is 5.32 Å². The maximum absolute atomic E-state index is 13.1. The number of carbonyl (C=O) groups excluding carboxylic acids is 1. The fraction of sp³-hybridized carbons (Fsp3) is 0.136. The summed E-state index contributed by atoms with van der Waals surface area (Å²) in [4.78, 5) is 16.9. The number of nitrogens with one attached hydrogen (secondary N) is 1. The van der Waals surface area contributed by atoms with E-state index in [2.05, 4.69) is 15.4 Å². The molecule has 30 heavy (non-hydrogen) atoms. The lowest BCUT2D eigenvalue weighted by molar-refractivity contribution is -0.113. The minimum Gasteiger partial charge on any atom is -0.310 e. The third-order valence-electron chi connectivity index (χ3n) is 4.36. The molecule has 152 valence electrons. The van der Waals surface area contributed by atoms with Gasteiger partial charge in [-0.2, -0.15) is 5.10 Å². The predicted octanol–water partition coefficient (Wildman–Crippen LogP) is 5.22. The Balaban J connectivity index is 1.38. The number of anilines is 1. The summed E-state index contributed by atoms with van der Waals surface area (Å²) in [6.45, 7) is 0. The van der Waals surface area contributed by atoms with Gasteiger partial charge < -0.3 is 5.32 Å². The summed E-state index contributed by atoms with van der Waals surface area (Å²) in [5, 5.41) is 10.0. The van der Waals surface area contributed by atoms with Crippen LogP contribution in [0.15, 0.2) is 66.0 Å². The van der Waals surface area contributed by atoms with Crippen molar-refractivity contribution in [3.8, 4) is 22.0 Å². The Morgan fingerprint density at radius 1 is 1.13 bits per heavy atom. The van der Waals surface area contributed by atoms with Crippen molar-refractivity contribution in [1.82, 2.24) is 14.8 Å². The molecule has 2 aromatic carbocycles. The summed E-state index contributed by atoms with van der Waals surface area (Å²) in [6.07, 6.45) is 0. The summed E-state index contributed by atoms with van der Waals surface area (Å²) < 4.78 is 14.8. The molecule has 5 nitrogen and oxygen atoms in total. The molecular formula is C22H19FN4OS2. The molecule has 0 unspecified atom stereocenters. The lowest BCUT2D eigenvalue weighted by Gasteiger charge is -2.05. The number of thiazole rings is 1. The van der Waals surface area contributed by atoms with Gasteiger partial charge in [-0.1, -0.05) is 30.3 Å². The van der Waals surface area contributed by atoms with Crippen LogP contribution in [0.1, 0.15) is 5.56 Å². The Morgan fingerprint density at radius 3 is 2.67 bits per heavy atom. The first-order valence-electron chi connectivity index (χ1n) is 9.26. The molecule has 4 rings (SSSR count). The van der Waals surface area contributed by atoms with E-state index < -0.39 is 0 Å². The van der Waals surface area contributed by atoms with E-state index in [0.29, 0.717) is 17.3 Å². The highest BCUT2D eigenvalue weighted by Gasteiger charge is 2.14. The number of thioether (sulfide) groups is 1. The average molecular weight is 439 g/mol. The number of aryl methyl sites for hydroxylation is 1. The molecule has 8 heteroatoms. The van der Waals surface area contributed by atoms with Crippen molar-refractivity contribution in [2.45, 2.75) is 5.75 Å². The molecule has 0 saturated carbocycles. The van der Waals surface area contributed by atoms with Gasteiger partial charge in [0.25, 0.3) is 0 Å². The van der Waals surface area contributed by atoms with Crippen LogP contribution in [0.3, 0.4) is 0 Å². The van der Waals surface area contributed by atoms with Gasteiger partial charge >= 0.3 is 0 Å². The summed E-state index contributed by atoms with van der Waals surface area (Å²) in [6, 6.07) is 18.1. The van der Waals surface area contributed by atoms with E-state index in [-0.39, 0.29) is 11.7 Å². The highest BCUT2D eigenvalue weighted by Crippen LogP contribution is 2.29. The van der Waals surface area contributed by atoms with E-state index >= 15 is 0 Å². The maximum atomic E-state index is 13.1. The Hall–Kier alpha value is -2.97. The molecule has 0 aliphatic carbocycles. The van der Waals surface area contributed by atoms with Crippen molar-refractivity contribution in [3.63, 3.8) is 0 Å². The Kier molecular flexibility index (Phi) is 6.25. The number of hydrogen-bond acceptors (Lipinski definition) is 5. The van der Waals surface area contributed by atoms with Crippen LogP contribution in [-0.4, -0.2) is 26.4 Å². The lowest BCUT2D eigenvalue weighted by atomic mass is 10.2. The number of amides is 1. The molecule has 0 aliphatic rings. The first kappa shape index (κ1) is 20.3. The third kappa shape index (κ3) is 4.95. The number of hydrogen-bond donors (Lipinski definition) is 1. The fourth-order valence-corrected chi connectivity index (χ4v) is 4.42. The first-order chi connectivity index (χ1) is 14.6. The molecule has 1 N–H and O–H groups in total. The van der Waals surface area contributed by atoms with Crippen molar-refractivity contribution < 1.29 is 9.18 Å². The van der Waals surface area contributed by atoms with Gasteiger partial charge in [0.2, 0.25) is 5.91 Å². The van der Waals surface area contributed by atoms with E-state index in [1.165, 1.54) is 29.0 Å². The second kappa shape index (κ2) is 9.23. The maximum Gasteiger partial charge on any atom is 0.235 e. The molecule has 0 fully saturated rings. The zero-order valence-electron chi connectivity index (χ0n) is 16.2. The van der Waals surface area contributed by atoms with Gasteiger partial charge in [0, 0.05) is 29.8 Å². The van der Waals surface area contributed by atoms with Gasteiger partial charge in [-0.25, -0.2) is 9.37 Å². The Morgan fingerprint density at radius 2 is 1.90 bits per heavy atom. The van der Waals surface area contributed by atoms with Crippen molar-refractivity contribution in [2.75, 3.05) is 11.1 Å². The molecule has 0 atom stereocenters. The van der Waals surface area contributed by atoms with Crippen LogP contribution >= 0.6 is 23.1 Å². The van der Waals surface area contributed by atoms with E-state index in [4.69, 9.17) is 0 Å². The zero-order chi connectivity index (χ0) is 20.9. The largest absolute Gasteiger partial charge is 0.310 e. The Bertz CT molecular complexity index is 1140. The number of aromatic nitrogens is 3. The number of halogens is 1. The number of nitrogens with zero attached hydrogens (tertiary/aromatic N) is 3. The highest BCUT2D eigenvalue weighted by atomic mass is 32.2. The van der Waals surface area contributed by atoms with Crippen molar-refractivity contribution in [2.24, 2.45) is 7.05 Å². The summed E-state index contributed by atoms with van der Waals surface area (Å²) in [5.74, 6) is 1.42. The highest BCUT2D eigenvalue weighted by molar-refractivity contribution is 7.99. The van der Waals surface area contributed by atoms with Crippen molar-refractivity contribution in [3.05, 3.63) is 77.4 Å². The molecule has 0 saturated heterocycles. The number of rotatable bonds is 7. The monoisotopic (exact) mass is 438 g/mol. The zero-order valence-corrected chi connectivity index (χ0v) is 17.8. The number of carbonyl (C=O) groups is 1. The van der Waals surface area contributed by atoms with Crippen LogP contribution in [0.2, 0.25) is 0 Å². The molecule has 0 radical (unpaired) electrons. The van der Waals surface area contributed by atoms with Gasteiger partial charge in [-0.05, 0) is 29.8 Å². The van der Waals surface area contributed by atoms with E-state index in [9.17, 15) is 9.18 Å². The quantitative estimate of drug-likeness (QED) is 0.430. The van der Waals surface area contributed by atoms with Gasteiger partial charge in [0.15, 0.2) is 0 Å². The first-order valence-corrected chi connectivity index (χ1v) is 11.3. The third-order valence-corrected chi connectivity index (χ3v) is 6.22. The van der Waals surface area contributed by atoms with Gasteiger partial charge in [0.1, 0.15) is 22.3 Å². The SMILES string of the molecule is Cn1nc(-c2nc(-c3ccc(F)cc3)cs2)cc1NC(=O)CSCc1ccccc1.